The molecule has 0 aliphatic heterocycles. The number of nitrogens with zero attached hydrogens (tertiary/aromatic N) is 2. The van der Waals surface area contributed by atoms with Gasteiger partial charge < -0.3 is 4.57 Å². The van der Waals surface area contributed by atoms with Crippen LogP contribution in [0.3, 0.4) is 0 Å². The molecule has 0 aliphatic carbocycles. The summed E-state index contributed by atoms with van der Waals surface area (Å²) >= 11 is 0. The first-order valence-corrected chi connectivity index (χ1v) is 17.2. The van der Waals surface area contributed by atoms with Crippen LogP contribution in [0.1, 0.15) is 195 Å². The first kappa shape index (κ1) is 34.2. The van der Waals surface area contributed by atoms with Gasteiger partial charge >= 0.3 is 0 Å². The summed E-state index contributed by atoms with van der Waals surface area (Å²) in [6.07, 6.45) is 43.3. The van der Waals surface area contributed by atoms with Crippen molar-refractivity contribution in [2.75, 3.05) is 0 Å². The first-order chi connectivity index (χ1) is 18.2. The van der Waals surface area contributed by atoms with Gasteiger partial charge in [-0.25, -0.2) is 4.98 Å². The largest absolute Gasteiger partial charge is 0.331 e. The van der Waals surface area contributed by atoms with Crippen LogP contribution in [0.15, 0.2) is 18.7 Å². The minimum Gasteiger partial charge on any atom is -0.331 e. The van der Waals surface area contributed by atoms with Crippen LogP contribution in [-0.4, -0.2) is 9.55 Å². The molecule has 0 N–H and O–H groups in total. The van der Waals surface area contributed by atoms with Crippen LogP contribution in [0.5, 0.6) is 0 Å². The third kappa shape index (κ3) is 16.7. The summed E-state index contributed by atoms with van der Waals surface area (Å²) in [5.41, 5.74) is 0.215. The van der Waals surface area contributed by atoms with E-state index in [-0.39, 0.29) is 5.54 Å². The highest BCUT2D eigenvalue weighted by molar-refractivity contribution is 4.93. The molecule has 218 valence electrons. The highest BCUT2D eigenvalue weighted by atomic mass is 15.1. The third-order valence-electron chi connectivity index (χ3n) is 9.25. The Morgan fingerprint density at radius 2 is 0.892 bits per heavy atom. The molecule has 2 heteroatoms. The van der Waals surface area contributed by atoms with E-state index in [9.17, 15) is 0 Å². The predicted octanol–water partition coefficient (Wildman–Crippen LogP) is 12.4. The first-order valence-electron chi connectivity index (χ1n) is 17.2. The van der Waals surface area contributed by atoms with Crippen molar-refractivity contribution < 1.29 is 0 Å². The minimum atomic E-state index is 0.215. The molecule has 1 heterocycles. The van der Waals surface area contributed by atoms with Crippen molar-refractivity contribution in [1.29, 1.82) is 0 Å². The quantitative estimate of drug-likeness (QED) is 0.101. The van der Waals surface area contributed by atoms with E-state index in [0.29, 0.717) is 0 Å². The highest BCUT2D eigenvalue weighted by Crippen LogP contribution is 2.37. The normalized spacial score (nSPS) is 14.2. The Labute approximate surface area is 234 Å². The lowest BCUT2D eigenvalue weighted by Gasteiger charge is -2.39. The molecule has 0 bridgehead atoms. The summed E-state index contributed by atoms with van der Waals surface area (Å²) in [5, 5.41) is 0. The van der Waals surface area contributed by atoms with Gasteiger partial charge in [-0.05, 0) is 32.1 Å². The molecule has 2 unspecified atom stereocenters. The minimum absolute atomic E-state index is 0.215. The van der Waals surface area contributed by atoms with Gasteiger partial charge in [0, 0.05) is 17.9 Å². The lowest BCUT2D eigenvalue weighted by molar-refractivity contribution is 0.153. The molecule has 37 heavy (non-hydrogen) atoms. The highest BCUT2D eigenvalue weighted by Gasteiger charge is 2.33. The fourth-order valence-corrected chi connectivity index (χ4v) is 6.30. The standard InChI is InChI=1S/C35H68N2/c1-5-8-10-12-14-16-18-19-20-22-24-26-28-30-34(35(4,7-3)37-32-31-36-33-37)29-27-25-23-21-17-15-13-11-9-6-2/h31-34H,5-30H2,1-4H3. The van der Waals surface area contributed by atoms with Crippen LogP contribution in [0.4, 0.5) is 0 Å². The number of unbranched alkanes of at least 4 members (excludes halogenated alkanes) is 21. The Morgan fingerprint density at radius 1 is 0.541 bits per heavy atom. The number of hydrogen-bond acceptors (Lipinski definition) is 1. The van der Waals surface area contributed by atoms with Crippen LogP contribution in [0, 0.1) is 5.92 Å². The molecule has 0 saturated carbocycles. The van der Waals surface area contributed by atoms with Crippen molar-refractivity contribution in [1.82, 2.24) is 9.55 Å². The third-order valence-corrected chi connectivity index (χ3v) is 9.25. The lowest BCUT2D eigenvalue weighted by atomic mass is 9.76. The average molecular weight is 517 g/mol. The van der Waals surface area contributed by atoms with Gasteiger partial charge in [0.05, 0.1) is 6.33 Å². The Morgan fingerprint density at radius 3 is 1.19 bits per heavy atom. The van der Waals surface area contributed by atoms with Gasteiger partial charge in [-0.1, -0.05) is 168 Å². The molecule has 2 atom stereocenters. The molecular formula is C35H68N2. The molecule has 0 saturated heterocycles. The molecule has 0 amide bonds. The van der Waals surface area contributed by atoms with Crippen LogP contribution in [0.2, 0.25) is 0 Å². The number of aromatic nitrogens is 2. The Balaban J connectivity index is 2.25. The molecular weight excluding hydrogens is 448 g/mol. The lowest BCUT2D eigenvalue weighted by Crippen LogP contribution is -2.37. The zero-order valence-corrected chi connectivity index (χ0v) is 26.1. The second kappa shape index (κ2) is 24.3. The zero-order valence-electron chi connectivity index (χ0n) is 26.1. The molecule has 0 radical (unpaired) electrons. The van der Waals surface area contributed by atoms with E-state index in [1.807, 2.05) is 6.20 Å². The maximum Gasteiger partial charge on any atom is 0.0951 e. The molecule has 0 spiro atoms. The average Bonchev–Trinajstić information content (AvgIpc) is 3.46. The van der Waals surface area contributed by atoms with Crippen molar-refractivity contribution >= 4 is 0 Å². The van der Waals surface area contributed by atoms with Crippen LogP contribution < -0.4 is 0 Å². The summed E-state index contributed by atoms with van der Waals surface area (Å²) in [6.45, 7) is 9.50. The fourth-order valence-electron chi connectivity index (χ4n) is 6.30. The zero-order chi connectivity index (χ0) is 26.9. The second-order valence-corrected chi connectivity index (χ2v) is 12.4. The van der Waals surface area contributed by atoms with E-state index < -0.39 is 0 Å². The van der Waals surface area contributed by atoms with Crippen molar-refractivity contribution in [2.45, 2.75) is 200 Å². The van der Waals surface area contributed by atoms with Crippen LogP contribution in [-0.2, 0) is 5.54 Å². The Kier molecular flexibility index (Phi) is 22.5. The molecule has 0 aliphatic rings. The fraction of sp³-hybridized carbons (Fsp3) is 0.914. The monoisotopic (exact) mass is 517 g/mol. The second-order valence-electron chi connectivity index (χ2n) is 12.4. The van der Waals surface area contributed by atoms with E-state index in [4.69, 9.17) is 0 Å². The predicted molar refractivity (Wildman–Crippen MR) is 166 cm³/mol. The van der Waals surface area contributed by atoms with E-state index in [2.05, 4.69) is 49.8 Å². The van der Waals surface area contributed by atoms with Gasteiger partial charge in [-0.3, -0.25) is 0 Å². The van der Waals surface area contributed by atoms with Crippen LogP contribution in [0.25, 0.3) is 0 Å². The van der Waals surface area contributed by atoms with Gasteiger partial charge in [0.1, 0.15) is 0 Å². The summed E-state index contributed by atoms with van der Waals surface area (Å²) in [7, 11) is 0. The summed E-state index contributed by atoms with van der Waals surface area (Å²) in [5.74, 6) is 0.772. The van der Waals surface area contributed by atoms with E-state index >= 15 is 0 Å². The SMILES string of the molecule is CCCCCCCCCCCCCCCC(CCCCCCCCCCCC)C(C)(CC)n1ccnc1. The molecule has 0 aromatic carbocycles. The van der Waals surface area contributed by atoms with E-state index in [1.54, 1.807) is 0 Å². The molecule has 1 rings (SSSR count). The molecule has 2 nitrogen and oxygen atoms in total. The maximum absolute atomic E-state index is 4.41. The van der Waals surface area contributed by atoms with Gasteiger partial charge in [0.25, 0.3) is 0 Å². The Hall–Kier alpha value is -0.790. The van der Waals surface area contributed by atoms with Crippen molar-refractivity contribution in [3.8, 4) is 0 Å². The maximum atomic E-state index is 4.41. The molecule has 1 aromatic rings. The van der Waals surface area contributed by atoms with Crippen LogP contribution >= 0.6 is 0 Å². The Bertz CT molecular complexity index is 566. The van der Waals surface area contributed by atoms with Crippen molar-refractivity contribution in [3.63, 3.8) is 0 Å². The topological polar surface area (TPSA) is 17.8 Å². The van der Waals surface area contributed by atoms with Gasteiger partial charge in [0.2, 0.25) is 0 Å². The summed E-state index contributed by atoms with van der Waals surface area (Å²) < 4.78 is 2.43. The van der Waals surface area contributed by atoms with E-state index in [1.165, 1.54) is 167 Å². The van der Waals surface area contributed by atoms with E-state index in [0.717, 1.165) is 5.92 Å². The van der Waals surface area contributed by atoms with Gasteiger partial charge in [-0.2, -0.15) is 0 Å². The number of imidazole rings is 1. The van der Waals surface area contributed by atoms with Crippen molar-refractivity contribution in [3.05, 3.63) is 18.7 Å². The molecule has 0 fully saturated rings. The molecule has 1 aromatic heterocycles. The summed E-state index contributed by atoms with van der Waals surface area (Å²) in [6, 6.07) is 0. The van der Waals surface area contributed by atoms with Gasteiger partial charge in [0.15, 0.2) is 0 Å². The van der Waals surface area contributed by atoms with Gasteiger partial charge in [-0.15, -0.1) is 0 Å². The number of hydrogen-bond donors (Lipinski definition) is 0. The van der Waals surface area contributed by atoms with Crippen molar-refractivity contribution in [2.24, 2.45) is 5.92 Å². The smallest absolute Gasteiger partial charge is 0.0951 e. The number of rotatable bonds is 28. The summed E-state index contributed by atoms with van der Waals surface area (Å²) in [4.78, 5) is 4.41.